The fraction of sp³-hybridized carbons (Fsp3) is 0.182. The molecule has 2 aromatic heterocycles. The zero-order valence-electron chi connectivity index (χ0n) is 10.3. The summed E-state index contributed by atoms with van der Waals surface area (Å²) in [5.74, 6) is -0.827. The molecule has 10 heteroatoms. The van der Waals surface area contributed by atoms with Gasteiger partial charge in [0.05, 0.1) is 10.0 Å². The summed E-state index contributed by atoms with van der Waals surface area (Å²) in [6.45, 7) is 0. The fourth-order valence-corrected chi connectivity index (χ4v) is 3.08. The van der Waals surface area contributed by atoms with E-state index in [0.29, 0.717) is 4.68 Å². The maximum atomic E-state index is 12.8. The first kappa shape index (κ1) is 15.5. The minimum atomic E-state index is -4.64. The van der Waals surface area contributed by atoms with E-state index >= 15 is 0 Å². The van der Waals surface area contributed by atoms with Crippen molar-refractivity contribution in [3.63, 3.8) is 0 Å². The zero-order valence-corrected chi connectivity index (χ0v) is 12.7. The largest absolute Gasteiger partial charge is 0.434 e. The molecule has 2 heterocycles. The van der Waals surface area contributed by atoms with Crippen LogP contribution in [-0.2, 0) is 13.2 Å². The number of carbonyl (C=O) groups excluding carboxylic acids is 1. The molecule has 21 heavy (non-hydrogen) atoms. The molecule has 0 saturated heterocycles. The molecule has 0 saturated carbocycles. The molecule has 5 nitrogen and oxygen atoms in total. The number of hydrogen-bond donors (Lipinski definition) is 1. The number of aromatic nitrogens is 2. The monoisotopic (exact) mass is 378 g/mol. The van der Waals surface area contributed by atoms with Crippen LogP contribution in [0.4, 0.5) is 18.2 Å². The highest BCUT2D eigenvalue weighted by Gasteiger charge is 2.39. The van der Waals surface area contributed by atoms with Crippen LogP contribution < -0.4 is 5.32 Å². The van der Waals surface area contributed by atoms with Gasteiger partial charge in [0.1, 0.15) is 11.1 Å². The molecule has 2 rings (SSSR count). The van der Waals surface area contributed by atoms with Crippen molar-refractivity contribution in [2.75, 3.05) is 5.32 Å². The van der Waals surface area contributed by atoms with Gasteiger partial charge in [0, 0.05) is 7.05 Å². The van der Waals surface area contributed by atoms with Gasteiger partial charge in [-0.15, -0.1) is 11.3 Å². The number of halogens is 4. The molecule has 0 atom stereocenters. The second-order valence-electron chi connectivity index (χ2n) is 3.86. The van der Waals surface area contributed by atoms with Crippen LogP contribution in [0, 0.1) is 11.3 Å². The Bertz CT molecular complexity index is 744. The third kappa shape index (κ3) is 2.93. The summed E-state index contributed by atoms with van der Waals surface area (Å²) >= 11 is 3.85. The lowest BCUT2D eigenvalue weighted by molar-refractivity contribution is -0.144. The molecule has 110 valence electrons. The van der Waals surface area contributed by atoms with Gasteiger partial charge in [0.25, 0.3) is 5.91 Å². The van der Waals surface area contributed by atoms with E-state index in [9.17, 15) is 18.0 Å². The Kier molecular flexibility index (Phi) is 4.06. The van der Waals surface area contributed by atoms with Gasteiger partial charge in [-0.25, -0.2) is 0 Å². The predicted molar refractivity (Wildman–Crippen MR) is 72.9 cm³/mol. The van der Waals surface area contributed by atoms with Gasteiger partial charge in [-0.2, -0.15) is 23.5 Å². The van der Waals surface area contributed by atoms with Crippen molar-refractivity contribution in [1.82, 2.24) is 9.78 Å². The van der Waals surface area contributed by atoms with Crippen molar-refractivity contribution in [3.05, 3.63) is 32.9 Å². The lowest BCUT2D eigenvalue weighted by Gasteiger charge is -2.06. The molecule has 0 unspecified atom stereocenters. The second-order valence-corrected chi connectivity index (χ2v) is 5.57. The number of carbonyl (C=O) groups is 1. The number of amides is 1. The van der Waals surface area contributed by atoms with Crippen LogP contribution in [0.5, 0.6) is 0 Å². The zero-order chi connectivity index (χ0) is 15.8. The summed E-state index contributed by atoms with van der Waals surface area (Å²) in [5, 5.41) is 16.6. The standard InChI is InChI=1S/C11H6BrF3N4OS/c1-19-8(11(13,14)15)6(12)7(18-19)9(20)17-10-5(4-16)2-3-21-10/h2-3H,1H3,(H,17,20). The van der Waals surface area contributed by atoms with E-state index in [1.165, 1.54) is 6.07 Å². The maximum Gasteiger partial charge on any atom is 0.434 e. The van der Waals surface area contributed by atoms with Gasteiger partial charge in [-0.1, -0.05) is 0 Å². The first-order chi connectivity index (χ1) is 9.75. The first-order valence-electron chi connectivity index (χ1n) is 5.34. The number of nitriles is 1. The molecular weight excluding hydrogens is 373 g/mol. The Balaban J connectivity index is 2.36. The van der Waals surface area contributed by atoms with Gasteiger partial charge < -0.3 is 5.32 Å². The molecular formula is C11H6BrF3N4OS. The van der Waals surface area contributed by atoms with Crippen molar-refractivity contribution < 1.29 is 18.0 Å². The Hall–Kier alpha value is -1.86. The van der Waals surface area contributed by atoms with Gasteiger partial charge in [-0.3, -0.25) is 9.48 Å². The Morgan fingerprint density at radius 3 is 2.76 bits per heavy atom. The summed E-state index contributed by atoms with van der Waals surface area (Å²) in [7, 11) is 1.09. The van der Waals surface area contributed by atoms with Crippen molar-refractivity contribution >= 4 is 38.2 Å². The Morgan fingerprint density at radius 1 is 1.57 bits per heavy atom. The third-order valence-corrected chi connectivity index (χ3v) is 4.07. The lowest BCUT2D eigenvalue weighted by atomic mass is 10.3. The van der Waals surface area contributed by atoms with Crippen LogP contribution in [0.3, 0.4) is 0 Å². The number of rotatable bonds is 2. The summed E-state index contributed by atoms with van der Waals surface area (Å²) < 4.78 is 38.6. The molecule has 0 fully saturated rings. The molecule has 0 radical (unpaired) electrons. The normalized spacial score (nSPS) is 11.2. The molecule has 2 aromatic rings. The van der Waals surface area contributed by atoms with E-state index in [-0.39, 0.29) is 10.6 Å². The molecule has 0 aliphatic rings. The van der Waals surface area contributed by atoms with Crippen molar-refractivity contribution in [1.29, 1.82) is 5.26 Å². The quantitative estimate of drug-likeness (QED) is 0.870. The number of anilines is 1. The number of nitrogens with one attached hydrogen (secondary N) is 1. The third-order valence-electron chi connectivity index (χ3n) is 2.49. The highest BCUT2D eigenvalue weighted by molar-refractivity contribution is 9.10. The Labute approximate surface area is 129 Å². The van der Waals surface area contributed by atoms with E-state index in [1.54, 1.807) is 5.38 Å². The van der Waals surface area contributed by atoms with Gasteiger partial charge in [-0.05, 0) is 27.4 Å². The molecule has 0 aromatic carbocycles. The van der Waals surface area contributed by atoms with Crippen molar-refractivity contribution in [2.45, 2.75) is 6.18 Å². The summed E-state index contributed by atoms with van der Waals surface area (Å²) in [5.41, 5.74) is -1.22. The molecule has 1 N–H and O–H groups in total. The van der Waals surface area contributed by atoms with Crippen molar-refractivity contribution in [3.8, 4) is 6.07 Å². The van der Waals surface area contributed by atoms with E-state index in [4.69, 9.17) is 5.26 Å². The number of alkyl halides is 3. The first-order valence-corrected chi connectivity index (χ1v) is 7.01. The molecule has 0 spiro atoms. The van der Waals surface area contributed by atoms with Crippen LogP contribution in [-0.4, -0.2) is 15.7 Å². The molecule has 0 aliphatic carbocycles. The maximum absolute atomic E-state index is 12.8. The smallest absolute Gasteiger partial charge is 0.311 e. The van der Waals surface area contributed by atoms with Crippen LogP contribution in [0.15, 0.2) is 15.9 Å². The van der Waals surface area contributed by atoms with Crippen LogP contribution in [0.25, 0.3) is 0 Å². The molecule has 0 aliphatic heterocycles. The average Bonchev–Trinajstić information content (AvgIpc) is 2.92. The minimum absolute atomic E-state index is 0.233. The lowest BCUT2D eigenvalue weighted by Crippen LogP contribution is -2.13. The topological polar surface area (TPSA) is 70.7 Å². The highest BCUT2D eigenvalue weighted by atomic mass is 79.9. The van der Waals surface area contributed by atoms with Gasteiger partial charge in [0.2, 0.25) is 0 Å². The number of nitrogens with zero attached hydrogens (tertiary/aromatic N) is 3. The van der Waals surface area contributed by atoms with Crippen molar-refractivity contribution in [2.24, 2.45) is 7.05 Å². The number of hydrogen-bond acceptors (Lipinski definition) is 4. The van der Waals surface area contributed by atoms with Gasteiger partial charge >= 0.3 is 6.18 Å². The summed E-state index contributed by atoms with van der Waals surface area (Å²) in [4.78, 5) is 12.0. The summed E-state index contributed by atoms with van der Waals surface area (Å²) in [6, 6.07) is 3.36. The molecule has 1 amide bonds. The Morgan fingerprint density at radius 2 is 2.24 bits per heavy atom. The fourth-order valence-electron chi connectivity index (χ4n) is 1.61. The van der Waals surface area contributed by atoms with Crippen LogP contribution >= 0.6 is 27.3 Å². The van der Waals surface area contributed by atoms with E-state index in [0.717, 1.165) is 18.4 Å². The van der Waals surface area contributed by atoms with E-state index in [2.05, 4.69) is 26.3 Å². The van der Waals surface area contributed by atoms with E-state index < -0.39 is 27.9 Å². The van der Waals surface area contributed by atoms with E-state index in [1.807, 2.05) is 6.07 Å². The average molecular weight is 379 g/mol. The predicted octanol–water partition coefficient (Wildman–Crippen LogP) is 3.39. The van der Waals surface area contributed by atoms with Crippen LogP contribution in [0.1, 0.15) is 21.7 Å². The van der Waals surface area contributed by atoms with Crippen LogP contribution in [0.2, 0.25) is 0 Å². The molecule has 0 bridgehead atoms. The number of thiophene rings is 1. The number of aryl methyl sites for hydroxylation is 1. The highest BCUT2D eigenvalue weighted by Crippen LogP contribution is 2.36. The second kappa shape index (κ2) is 5.50. The SMILES string of the molecule is Cn1nc(C(=O)Nc2sccc2C#N)c(Br)c1C(F)(F)F. The summed E-state index contributed by atoms with van der Waals surface area (Å²) in [6.07, 6.45) is -4.64. The van der Waals surface area contributed by atoms with Gasteiger partial charge in [0.15, 0.2) is 11.4 Å². The minimum Gasteiger partial charge on any atom is -0.311 e.